The maximum absolute atomic E-state index is 10.8. The summed E-state index contributed by atoms with van der Waals surface area (Å²) in [6.45, 7) is 5.21. The van der Waals surface area contributed by atoms with Crippen LogP contribution in [0.15, 0.2) is 5.34 Å². The Morgan fingerprint density at radius 2 is 2.00 bits per heavy atom. The van der Waals surface area contributed by atoms with Gasteiger partial charge in [0.1, 0.15) is 6.10 Å². The van der Waals surface area contributed by atoms with Crippen molar-refractivity contribution < 1.29 is 14.4 Å². The van der Waals surface area contributed by atoms with Crippen molar-refractivity contribution in [2.45, 2.75) is 26.9 Å². The number of rotatable bonds is 5. The maximum Gasteiger partial charge on any atom is 0.347 e. The van der Waals surface area contributed by atoms with Gasteiger partial charge in [0.2, 0.25) is 6.61 Å². The molecule has 0 aliphatic rings. The number of hydrogen-bond acceptors (Lipinski definition) is 5. The first kappa shape index (κ1) is 10.9. The second-order valence-corrected chi connectivity index (χ2v) is 2.79. The van der Waals surface area contributed by atoms with Crippen LogP contribution in [0.2, 0.25) is 0 Å². The lowest BCUT2D eigenvalue weighted by molar-refractivity contribution is -0.155. The second-order valence-electron chi connectivity index (χ2n) is 2.79. The minimum absolute atomic E-state index is 0.173. The van der Waals surface area contributed by atoms with E-state index in [2.05, 4.69) is 10.2 Å². The van der Waals surface area contributed by atoms with Gasteiger partial charge in [-0.15, -0.1) is 4.91 Å². The van der Waals surface area contributed by atoms with Crippen LogP contribution in [0.4, 0.5) is 0 Å². The minimum Gasteiger partial charge on any atom is -0.460 e. The van der Waals surface area contributed by atoms with Crippen molar-refractivity contribution in [2.24, 2.45) is 11.3 Å². The van der Waals surface area contributed by atoms with Gasteiger partial charge in [-0.1, -0.05) is 13.8 Å². The lowest BCUT2D eigenvalue weighted by atomic mass is 10.1. The minimum atomic E-state index is -0.573. The number of nitrogens with zero attached hydrogens (tertiary/aromatic N) is 1. The molecule has 1 atom stereocenters. The third-order valence-electron chi connectivity index (χ3n) is 1.49. The average molecular weight is 175 g/mol. The fourth-order valence-electron chi connectivity index (χ4n) is 0.456. The number of esters is 1. The molecule has 0 aliphatic carbocycles. The zero-order valence-corrected chi connectivity index (χ0v) is 7.44. The largest absolute Gasteiger partial charge is 0.460 e. The predicted molar refractivity (Wildman–Crippen MR) is 42.1 cm³/mol. The van der Waals surface area contributed by atoms with Gasteiger partial charge in [-0.2, -0.15) is 0 Å². The molecule has 0 saturated carbocycles. The molecule has 0 amide bonds. The van der Waals surface area contributed by atoms with Crippen LogP contribution in [0.1, 0.15) is 20.8 Å². The molecule has 0 bridgehead atoms. The Balaban J connectivity index is 3.61. The molecule has 0 rings (SSSR count). The number of carbonyl (C=O) groups is 1. The first-order valence-electron chi connectivity index (χ1n) is 3.72. The van der Waals surface area contributed by atoms with Gasteiger partial charge in [-0.3, -0.25) is 0 Å². The number of hydrogen-bond donors (Lipinski definition) is 0. The highest BCUT2D eigenvalue weighted by molar-refractivity contribution is 5.70. The normalized spacial score (nSPS) is 12.3. The van der Waals surface area contributed by atoms with Crippen LogP contribution in [0, 0.1) is 10.8 Å². The van der Waals surface area contributed by atoms with E-state index in [1.807, 2.05) is 13.8 Å². The van der Waals surface area contributed by atoms with E-state index in [1.165, 1.54) is 0 Å². The van der Waals surface area contributed by atoms with Crippen LogP contribution in [0.5, 0.6) is 0 Å². The molecule has 0 N–H and O–H groups in total. The van der Waals surface area contributed by atoms with Crippen molar-refractivity contribution in [1.29, 1.82) is 0 Å². The Labute approximate surface area is 71.0 Å². The van der Waals surface area contributed by atoms with Crippen molar-refractivity contribution in [3.63, 3.8) is 0 Å². The van der Waals surface area contributed by atoms with Gasteiger partial charge in [0.25, 0.3) is 0 Å². The van der Waals surface area contributed by atoms with E-state index in [0.717, 1.165) is 0 Å². The summed E-state index contributed by atoms with van der Waals surface area (Å²) in [5.41, 5.74) is 0. The third-order valence-corrected chi connectivity index (χ3v) is 1.49. The van der Waals surface area contributed by atoms with Gasteiger partial charge in [0.15, 0.2) is 5.34 Å². The molecular formula is C7H13NO4. The lowest BCUT2D eigenvalue weighted by Gasteiger charge is -2.15. The van der Waals surface area contributed by atoms with Gasteiger partial charge < -0.3 is 9.57 Å². The molecule has 1 unspecified atom stereocenters. The van der Waals surface area contributed by atoms with Gasteiger partial charge in [0.05, 0.1) is 0 Å². The molecular weight excluding hydrogens is 162 g/mol. The second kappa shape index (κ2) is 5.51. The molecule has 0 saturated heterocycles. The van der Waals surface area contributed by atoms with Gasteiger partial charge in [-0.05, 0) is 12.8 Å². The molecule has 0 aromatic rings. The highest BCUT2D eigenvalue weighted by Gasteiger charge is 2.12. The van der Waals surface area contributed by atoms with Gasteiger partial charge in [-0.25, -0.2) is 4.79 Å². The van der Waals surface area contributed by atoms with E-state index < -0.39 is 12.6 Å². The van der Waals surface area contributed by atoms with E-state index in [-0.39, 0.29) is 12.0 Å². The Morgan fingerprint density at radius 1 is 1.42 bits per heavy atom. The molecule has 0 heterocycles. The Kier molecular flexibility index (Phi) is 4.99. The molecule has 0 radical (unpaired) electrons. The quantitative estimate of drug-likeness (QED) is 0.358. The molecule has 0 aliphatic heterocycles. The monoisotopic (exact) mass is 175 g/mol. The van der Waals surface area contributed by atoms with Crippen molar-refractivity contribution in [3.8, 4) is 0 Å². The molecule has 0 aromatic carbocycles. The van der Waals surface area contributed by atoms with Crippen molar-refractivity contribution in [3.05, 3.63) is 4.91 Å². The molecule has 0 aromatic heterocycles. The van der Waals surface area contributed by atoms with Crippen molar-refractivity contribution >= 4 is 5.97 Å². The first-order valence-corrected chi connectivity index (χ1v) is 3.72. The van der Waals surface area contributed by atoms with Crippen LogP contribution < -0.4 is 0 Å². The fraction of sp³-hybridized carbons (Fsp3) is 0.857. The van der Waals surface area contributed by atoms with Crippen LogP contribution in [0.3, 0.4) is 0 Å². The van der Waals surface area contributed by atoms with E-state index in [1.54, 1.807) is 6.92 Å². The summed E-state index contributed by atoms with van der Waals surface area (Å²) in [6, 6.07) is 0. The number of ether oxygens (including phenoxy) is 1. The smallest absolute Gasteiger partial charge is 0.347 e. The molecule has 5 heteroatoms. The summed E-state index contributed by atoms with van der Waals surface area (Å²) in [6.07, 6.45) is -0.173. The van der Waals surface area contributed by atoms with Crippen molar-refractivity contribution in [2.75, 3.05) is 6.61 Å². The summed E-state index contributed by atoms with van der Waals surface area (Å²) < 4.78 is 4.85. The van der Waals surface area contributed by atoms with E-state index in [9.17, 15) is 9.70 Å². The summed E-state index contributed by atoms with van der Waals surface area (Å²) in [5.74, 6) is -0.325. The van der Waals surface area contributed by atoms with Gasteiger partial charge in [0, 0.05) is 0 Å². The van der Waals surface area contributed by atoms with E-state index in [0.29, 0.717) is 0 Å². The van der Waals surface area contributed by atoms with E-state index >= 15 is 0 Å². The summed E-state index contributed by atoms with van der Waals surface area (Å²) >= 11 is 0. The first-order chi connectivity index (χ1) is 5.57. The van der Waals surface area contributed by atoms with Gasteiger partial charge >= 0.3 is 5.97 Å². The molecule has 12 heavy (non-hydrogen) atoms. The Hall–Kier alpha value is -1.13. The average Bonchev–Trinajstić information content (AvgIpc) is 2.00. The standard InChI is InChI=1S/C7H13NO4/c1-5(2)6(3)12-7(9)4-11-8-10/h5-6H,4H2,1-3H3. The lowest BCUT2D eigenvalue weighted by Crippen LogP contribution is -2.22. The maximum atomic E-state index is 10.8. The highest BCUT2D eigenvalue weighted by atomic mass is 16.7. The van der Waals surface area contributed by atoms with E-state index in [4.69, 9.17) is 4.74 Å². The fourth-order valence-corrected chi connectivity index (χ4v) is 0.456. The summed E-state index contributed by atoms with van der Waals surface area (Å²) in [4.78, 5) is 24.2. The molecule has 70 valence electrons. The van der Waals surface area contributed by atoms with Crippen LogP contribution >= 0.6 is 0 Å². The summed E-state index contributed by atoms with van der Waals surface area (Å²) in [5, 5.41) is 2.08. The molecule has 5 nitrogen and oxygen atoms in total. The number of carbonyl (C=O) groups excluding carboxylic acids is 1. The topological polar surface area (TPSA) is 65.0 Å². The Bertz CT molecular complexity index is 157. The van der Waals surface area contributed by atoms with Crippen LogP contribution in [0.25, 0.3) is 0 Å². The zero-order valence-electron chi connectivity index (χ0n) is 7.44. The zero-order chi connectivity index (χ0) is 9.56. The Morgan fingerprint density at radius 3 is 2.42 bits per heavy atom. The highest BCUT2D eigenvalue weighted by Crippen LogP contribution is 2.05. The SMILES string of the molecule is CC(C)C(C)OC(=O)CON=O. The van der Waals surface area contributed by atoms with Crippen molar-refractivity contribution in [1.82, 2.24) is 0 Å². The predicted octanol–water partition coefficient (Wildman–Crippen LogP) is 1.27. The molecule has 0 fully saturated rings. The summed E-state index contributed by atoms with van der Waals surface area (Å²) in [7, 11) is 0. The van der Waals surface area contributed by atoms with Crippen LogP contribution in [-0.2, 0) is 14.4 Å². The molecule has 0 spiro atoms. The third kappa shape index (κ3) is 4.65. The van der Waals surface area contributed by atoms with Crippen LogP contribution in [-0.4, -0.2) is 18.7 Å².